The lowest BCUT2D eigenvalue weighted by Gasteiger charge is -2.12. The Balaban J connectivity index is 2.22. The minimum absolute atomic E-state index is 0.0723. The van der Waals surface area contributed by atoms with E-state index in [2.05, 4.69) is 10.5 Å². The van der Waals surface area contributed by atoms with Gasteiger partial charge in [-0.1, -0.05) is 12.1 Å². The second kappa shape index (κ2) is 6.47. The summed E-state index contributed by atoms with van der Waals surface area (Å²) in [5.41, 5.74) is 2.29. The van der Waals surface area contributed by atoms with Crippen molar-refractivity contribution in [3.05, 3.63) is 69.8 Å². The molecule has 0 amide bonds. The molecular formula is C15H12F3N3O2. The van der Waals surface area contributed by atoms with Gasteiger partial charge in [0.2, 0.25) is 0 Å². The summed E-state index contributed by atoms with van der Waals surface area (Å²) in [7, 11) is 0. The van der Waals surface area contributed by atoms with E-state index in [9.17, 15) is 23.3 Å². The molecule has 0 radical (unpaired) electrons. The van der Waals surface area contributed by atoms with Crippen LogP contribution in [0.5, 0.6) is 0 Å². The van der Waals surface area contributed by atoms with Crippen LogP contribution in [0.4, 0.5) is 24.5 Å². The van der Waals surface area contributed by atoms with Crippen LogP contribution in [-0.4, -0.2) is 10.6 Å². The molecular weight excluding hydrogens is 311 g/mol. The Labute approximate surface area is 129 Å². The highest BCUT2D eigenvalue weighted by Gasteiger charge is 2.33. The lowest BCUT2D eigenvalue weighted by atomic mass is 10.1. The number of hydrogen-bond donors (Lipinski definition) is 1. The molecule has 0 heterocycles. The number of anilines is 1. The summed E-state index contributed by atoms with van der Waals surface area (Å²) in [5.74, 6) is 0. The molecule has 8 heteroatoms. The standard InChI is InChI=1S/C15H12F3N3O2/c1-10(11-6-8-12(9-7-11)21(22)23)19-20-14-5-3-2-4-13(14)15(16,17)18/h2-9,20H,1H3/b19-10+. The number of rotatable bonds is 4. The zero-order valence-corrected chi connectivity index (χ0v) is 12.0. The van der Waals surface area contributed by atoms with Gasteiger partial charge in [0.15, 0.2) is 0 Å². The molecule has 0 spiro atoms. The Kier molecular flexibility index (Phi) is 4.63. The molecule has 0 aliphatic heterocycles. The van der Waals surface area contributed by atoms with E-state index in [0.717, 1.165) is 6.07 Å². The Bertz CT molecular complexity index is 740. The van der Waals surface area contributed by atoms with E-state index in [-0.39, 0.29) is 11.4 Å². The summed E-state index contributed by atoms with van der Waals surface area (Å²) < 4.78 is 38.6. The van der Waals surface area contributed by atoms with Crippen LogP contribution in [0.15, 0.2) is 53.6 Å². The molecule has 0 bridgehead atoms. The van der Waals surface area contributed by atoms with Gasteiger partial charge in [-0.2, -0.15) is 18.3 Å². The third-order valence-electron chi connectivity index (χ3n) is 3.07. The summed E-state index contributed by atoms with van der Waals surface area (Å²) in [5, 5.41) is 14.5. The van der Waals surface area contributed by atoms with Crippen molar-refractivity contribution in [2.45, 2.75) is 13.1 Å². The lowest BCUT2D eigenvalue weighted by molar-refractivity contribution is -0.384. The number of halogens is 3. The monoisotopic (exact) mass is 323 g/mol. The Morgan fingerprint density at radius 1 is 1.13 bits per heavy atom. The molecule has 2 rings (SSSR count). The van der Waals surface area contributed by atoms with Crippen molar-refractivity contribution in [2.75, 3.05) is 5.43 Å². The van der Waals surface area contributed by atoms with E-state index < -0.39 is 16.7 Å². The molecule has 0 saturated carbocycles. The highest BCUT2D eigenvalue weighted by molar-refractivity contribution is 5.99. The molecule has 0 atom stereocenters. The molecule has 0 saturated heterocycles. The average molecular weight is 323 g/mol. The normalized spacial score (nSPS) is 12.1. The van der Waals surface area contributed by atoms with Gasteiger partial charge < -0.3 is 0 Å². The van der Waals surface area contributed by atoms with Crippen LogP contribution in [0, 0.1) is 10.1 Å². The Hall–Kier alpha value is -2.90. The maximum absolute atomic E-state index is 12.9. The van der Waals surface area contributed by atoms with Crippen LogP contribution in [0.25, 0.3) is 0 Å². The van der Waals surface area contributed by atoms with Gasteiger partial charge >= 0.3 is 6.18 Å². The lowest BCUT2D eigenvalue weighted by Crippen LogP contribution is -2.09. The van der Waals surface area contributed by atoms with E-state index >= 15 is 0 Å². The first kappa shape index (κ1) is 16.5. The molecule has 1 N–H and O–H groups in total. The van der Waals surface area contributed by atoms with Crippen molar-refractivity contribution in [3.8, 4) is 0 Å². The minimum atomic E-state index is -4.49. The van der Waals surface area contributed by atoms with Gasteiger partial charge in [0.25, 0.3) is 5.69 Å². The molecule has 0 aliphatic rings. The van der Waals surface area contributed by atoms with Crippen LogP contribution in [-0.2, 0) is 6.18 Å². The van der Waals surface area contributed by atoms with E-state index in [0.29, 0.717) is 11.3 Å². The minimum Gasteiger partial charge on any atom is -0.278 e. The summed E-state index contributed by atoms with van der Waals surface area (Å²) in [6.45, 7) is 1.59. The summed E-state index contributed by atoms with van der Waals surface area (Å²) in [6.07, 6.45) is -4.49. The van der Waals surface area contributed by atoms with Crippen LogP contribution in [0.3, 0.4) is 0 Å². The van der Waals surface area contributed by atoms with Gasteiger partial charge in [0.1, 0.15) is 0 Å². The van der Waals surface area contributed by atoms with E-state index in [1.807, 2.05) is 0 Å². The SMILES string of the molecule is C/C(=N\Nc1ccccc1C(F)(F)F)c1ccc([N+](=O)[O-])cc1. The molecule has 23 heavy (non-hydrogen) atoms. The number of nitrogens with zero attached hydrogens (tertiary/aromatic N) is 2. The number of hydrogen-bond acceptors (Lipinski definition) is 4. The summed E-state index contributed by atoms with van der Waals surface area (Å²) >= 11 is 0. The van der Waals surface area contributed by atoms with Crippen LogP contribution in [0.2, 0.25) is 0 Å². The van der Waals surface area contributed by atoms with Crippen molar-refractivity contribution in [1.82, 2.24) is 0 Å². The zero-order valence-electron chi connectivity index (χ0n) is 12.0. The molecule has 5 nitrogen and oxygen atoms in total. The maximum Gasteiger partial charge on any atom is 0.418 e. The van der Waals surface area contributed by atoms with Gasteiger partial charge in [-0.3, -0.25) is 15.5 Å². The molecule has 0 aromatic heterocycles. The topological polar surface area (TPSA) is 67.5 Å². The number of benzene rings is 2. The van der Waals surface area contributed by atoms with Gasteiger partial charge in [-0.25, -0.2) is 0 Å². The quantitative estimate of drug-likeness (QED) is 0.513. The fraction of sp³-hybridized carbons (Fsp3) is 0.133. The fourth-order valence-corrected chi connectivity index (χ4v) is 1.86. The summed E-state index contributed by atoms with van der Waals surface area (Å²) in [6, 6.07) is 10.6. The van der Waals surface area contributed by atoms with Gasteiger partial charge in [-0.05, 0) is 36.8 Å². The second-order valence-electron chi connectivity index (χ2n) is 4.66. The Morgan fingerprint density at radius 2 is 1.74 bits per heavy atom. The number of non-ortho nitro benzene ring substituents is 1. The number of nitro benzene ring substituents is 1. The highest BCUT2D eigenvalue weighted by atomic mass is 19.4. The molecule has 0 fully saturated rings. The van der Waals surface area contributed by atoms with E-state index in [4.69, 9.17) is 0 Å². The van der Waals surface area contributed by atoms with Crippen molar-refractivity contribution in [2.24, 2.45) is 5.10 Å². The molecule has 120 valence electrons. The number of alkyl halides is 3. The van der Waals surface area contributed by atoms with Gasteiger partial charge in [-0.15, -0.1) is 0 Å². The first-order valence-electron chi connectivity index (χ1n) is 6.50. The largest absolute Gasteiger partial charge is 0.418 e. The van der Waals surface area contributed by atoms with Gasteiger partial charge in [0.05, 0.1) is 21.9 Å². The predicted molar refractivity (Wildman–Crippen MR) is 80.4 cm³/mol. The number of para-hydroxylation sites is 1. The molecule has 2 aromatic rings. The highest BCUT2D eigenvalue weighted by Crippen LogP contribution is 2.34. The van der Waals surface area contributed by atoms with Crippen LogP contribution < -0.4 is 5.43 Å². The fourth-order valence-electron chi connectivity index (χ4n) is 1.86. The Morgan fingerprint density at radius 3 is 2.30 bits per heavy atom. The van der Waals surface area contributed by atoms with Crippen molar-refractivity contribution in [3.63, 3.8) is 0 Å². The smallest absolute Gasteiger partial charge is 0.278 e. The first-order valence-corrected chi connectivity index (χ1v) is 6.50. The van der Waals surface area contributed by atoms with Crippen LogP contribution in [0.1, 0.15) is 18.1 Å². The molecule has 0 unspecified atom stereocenters. The zero-order chi connectivity index (χ0) is 17.0. The predicted octanol–water partition coefficient (Wildman–Crippen LogP) is 4.45. The average Bonchev–Trinajstić information content (AvgIpc) is 2.52. The molecule has 0 aliphatic carbocycles. The van der Waals surface area contributed by atoms with E-state index in [1.54, 1.807) is 6.92 Å². The number of hydrazone groups is 1. The van der Waals surface area contributed by atoms with Crippen molar-refractivity contribution in [1.29, 1.82) is 0 Å². The van der Waals surface area contributed by atoms with Crippen molar-refractivity contribution < 1.29 is 18.1 Å². The van der Waals surface area contributed by atoms with Crippen LogP contribution >= 0.6 is 0 Å². The van der Waals surface area contributed by atoms with Crippen molar-refractivity contribution >= 4 is 17.1 Å². The van der Waals surface area contributed by atoms with E-state index in [1.165, 1.54) is 42.5 Å². The first-order chi connectivity index (χ1) is 10.8. The summed E-state index contributed by atoms with van der Waals surface area (Å²) in [4.78, 5) is 10.0. The number of nitrogens with one attached hydrogen (secondary N) is 1. The third kappa shape index (κ3) is 4.06. The maximum atomic E-state index is 12.9. The third-order valence-corrected chi connectivity index (χ3v) is 3.07. The van der Waals surface area contributed by atoms with Gasteiger partial charge in [0, 0.05) is 12.1 Å². The second-order valence-corrected chi connectivity index (χ2v) is 4.66. The number of nitro groups is 1. The molecule has 2 aromatic carbocycles.